The van der Waals surface area contributed by atoms with Gasteiger partial charge in [-0.2, -0.15) is 8.42 Å². The van der Waals surface area contributed by atoms with Crippen molar-refractivity contribution in [3.63, 3.8) is 0 Å². The summed E-state index contributed by atoms with van der Waals surface area (Å²) in [4.78, 5) is 4.86. The highest BCUT2D eigenvalue weighted by Gasteiger charge is 2.50. The number of allylic oxidation sites excluding steroid dienone is 1. The van der Waals surface area contributed by atoms with Gasteiger partial charge in [-0.25, -0.2) is 4.99 Å². The number of hydrogen-bond donors (Lipinski definition) is 6. The molecule has 1 saturated carbocycles. The first-order chi connectivity index (χ1) is 29.2. The topological polar surface area (TPSA) is 198 Å². The van der Waals surface area contributed by atoms with Gasteiger partial charge in [-0.3, -0.25) is 4.55 Å². The van der Waals surface area contributed by atoms with Crippen molar-refractivity contribution in [1.29, 1.82) is 0 Å². The van der Waals surface area contributed by atoms with E-state index in [9.17, 15) is 28.3 Å². The van der Waals surface area contributed by atoms with Crippen LogP contribution in [-0.2, 0) is 27.0 Å². The van der Waals surface area contributed by atoms with E-state index in [1.165, 1.54) is 0 Å². The van der Waals surface area contributed by atoms with Crippen LogP contribution in [0.2, 0.25) is 0 Å². The van der Waals surface area contributed by atoms with E-state index in [2.05, 4.69) is 24.8 Å². The minimum absolute atomic E-state index is 0.0802. The molecule has 61 heavy (non-hydrogen) atoms. The Balaban J connectivity index is 1.25. The Morgan fingerprint density at radius 2 is 1.75 bits per heavy atom. The third-order valence-electron chi connectivity index (χ3n) is 15.1. The molecule has 0 spiro atoms. The zero-order chi connectivity index (χ0) is 42.7. The number of guanidine groups is 1. The fourth-order valence-corrected chi connectivity index (χ4v) is 13.0. The summed E-state index contributed by atoms with van der Waals surface area (Å²) in [5, 5.41) is 31.9. The summed E-state index contributed by atoms with van der Waals surface area (Å²) in [7, 11) is -4.63. The second-order valence-electron chi connectivity index (χ2n) is 18.9. The average molecular weight is 850 g/mol. The molecular formula is C49H59N3O8S. The molecule has 0 unspecified atom stereocenters. The van der Waals surface area contributed by atoms with Crippen molar-refractivity contribution in [3.8, 4) is 23.3 Å². The summed E-state index contributed by atoms with van der Waals surface area (Å²) in [5.41, 5.74) is 16.2. The summed E-state index contributed by atoms with van der Waals surface area (Å²) in [5.74, 6) is 5.48. The van der Waals surface area contributed by atoms with Crippen LogP contribution in [0.25, 0.3) is 0 Å². The number of aromatic hydroxyl groups is 1. The van der Waals surface area contributed by atoms with E-state index >= 15 is 0 Å². The van der Waals surface area contributed by atoms with Crippen molar-refractivity contribution >= 4 is 16.1 Å². The van der Waals surface area contributed by atoms with Crippen molar-refractivity contribution in [3.05, 3.63) is 106 Å². The van der Waals surface area contributed by atoms with Crippen LogP contribution in [0.3, 0.4) is 0 Å². The van der Waals surface area contributed by atoms with Gasteiger partial charge >= 0.3 is 0 Å². The molecule has 5 aliphatic heterocycles. The smallest absolute Gasteiger partial charge is 0.268 e. The molecule has 2 fully saturated rings. The van der Waals surface area contributed by atoms with Gasteiger partial charge in [0.1, 0.15) is 17.6 Å². The lowest BCUT2D eigenvalue weighted by atomic mass is 9.64. The molecule has 11 rings (SSSR count). The summed E-state index contributed by atoms with van der Waals surface area (Å²) in [6, 6.07) is 19.0. The van der Waals surface area contributed by atoms with Gasteiger partial charge in [0.25, 0.3) is 10.1 Å². The maximum Gasteiger partial charge on any atom is 0.268 e. The molecule has 0 radical (unpaired) electrons. The van der Waals surface area contributed by atoms with Crippen LogP contribution >= 0.6 is 0 Å². The Labute approximate surface area is 359 Å². The summed E-state index contributed by atoms with van der Waals surface area (Å²) in [6.07, 6.45) is 9.48. The predicted octanol–water partition coefficient (Wildman–Crippen LogP) is 7.24. The van der Waals surface area contributed by atoms with Gasteiger partial charge in [-0.05, 0) is 122 Å². The first-order valence-corrected chi connectivity index (χ1v) is 23.7. The van der Waals surface area contributed by atoms with E-state index in [0.717, 1.165) is 59.9 Å². The molecular weight excluding hydrogens is 791 g/mol. The Morgan fingerprint density at radius 3 is 2.49 bits per heavy atom. The molecule has 10 atom stereocenters. The number of aliphatic hydroxyl groups excluding tert-OH is 1. The maximum absolute atomic E-state index is 14.1. The standard InChI is InChI=1S/C49H59N3O8S/c1-29-8-9-32-24-38-15-17-39(32)41(29)27-44(61(56,57)58)42-25-35-22-34(26-43-33(28-53)7-5-6-31-23-37(54)14-16-40(31)46(35)59-43)45(42)30-10-12-36(13-11-30)49(60-38,52-47(50)51)21-20-48(55)18-3-2-4-19-48/h10-17,23-25,29,33-34,41-46,53-55H,2-4,7-9,18-22,26-28H2,1H3,(H4,50,51,52)(H,56,57,58)/t29-,33+,34+,41-,42-,43-,44+,45-,46+,49-/m0/s1. The molecule has 0 aromatic heterocycles. The molecule has 12 heteroatoms. The van der Waals surface area contributed by atoms with E-state index in [1.807, 2.05) is 48.5 Å². The lowest BCUT2D eigenvalue weighted by Gasteiger charge is -2.42. The number of ether oxygens (including phenoxy) is 2. The Morgan fingerprint density at radius 1 is 0.984 bits per heavy atom. The van der Waals surface area contributed by atoms with E-state index in [0.29, 0.717) is 61.8 Å². The number of phenolic OH excluding ortho intramolecular Hbond substituents is 1. The van der Waals surface area contributed by atoms with Crippen LogP contribution in [0.5, 0.6) is 11.5 Å². The van der Waals surface area contributed by atoms with Gasteiger partial charge in [0, 0.05) is 48.0 Å². The Bertz CT molecular complexity index is 2380. The second-order valence-corrected chi connectivity index (χ2v) is 20.6. The number of nitrogens with two attached hydrogens (primary N) is 2. The number of hydrogen-bond acceptors (Lipinski definition) is 8. The molecule has 11 nitrogen and oxygen atoms in total. The van der Waals surface area contributed by atoms with Crippen molar-refractivity contribution < 1.29 is 37.8 Å². The van der Waals surface area contributed by atoms with Crippen molar-refractivity contribution in [2.24, 2.45) is 40.1 Å². The number of aliphatic hydroxyl groups is 2. The highest BCUT2D eigenvalue weighted by Crippen LogP contribution is 2.55. The summed E-state index contributed by atoms with van der Waals surface area (Å²) >= 11 is 0. The zero-order valence-corrected chi connectivity index (χ0v) is 35.7. The first kappa shape index (κ1) is 41.9. The first-order valence-electron chi connectivity index (χ1n) is 22.2. The van der Waals surface area contributed by atoms with Gasteiger partial charge < -0.3 is 36.3 Å². The Kier molecular flexibility index (Phi) is 11.3. The van der Waals surface area contributed by atoms with Crippen LogP contribution in [0.15, 0.2) is 77.3 Å². The highest BCUT2D eigenvalue weighted by molar-refractivity contribution is 7.86. The van der Waals surface area contributed by atoms with E-state index in [1.54, 1.807) is 12.1 Å². The van der Waals surface area contributed by atoms with Crippen LogP contribution in [0, 0.1) is 35.5 Å². The SMILES string of the molecule is C[C@H]1CCc2cc3ccc2[C@H]1C[C@@H](S(=O)(=O)O)[C@@H]1C=C2C[C@H](C[C@@H]4O[C@H]2c2ccc(O)cc2C#CC[C@@H]4CO)[C@@H]1c1ccc(cc1)[C@@](CCC1(O)CCCCC1)(N=C(N)N)O3. The summed E-state index contributed by atoms with van der Waals surface area (Å²) < 4.78 is 53.7. The lowest BCUT2D eigenvalue weighted by Crippen LogP contribution is -2.40. The molecule has 10 bridgehead atoms. The van der Waals surface area contributed by atoms with Gasteiger partial charge in [0.2, 0.25) is 5.72 Å². The average Bonchev–Trinajstić information content (AvgIpc) is 3.32. The summed E-state index contributed by atoms with van der Waals surface area (Å²) in [6.45, 7) is 2.02. The van der Waals surface area contributed by atoms with Crippen LogP contribution in [0.4, 0.5) is 0 Å². The molecule has 5 heterocycles. The number of aliphatic imine (C=N–C) groups is 1. The number of rotatable bonds is 6. The van der Waals surface area contributed by atoms with Crippen LogP contribution < -0.4 is 16.2 Å². The predicted molar refractivity (Wildman–Crippen MR) is 233 cm³/mol. The minimum Gasteiger partial charge on any atom is -0.508 e. The zero-order valence-electron chi connectivity index (χ0n) is 34.9. The van der Waals surface area contributed by atoms with Gasteiger partial charge in [-0.15, -0.1) is 0 Å². The molecule has 3 aromatic rings. The quantitative estimate of drug-likeness (QED) is 0.0484. The van der Waals surface area contributed by atoms with Gasteiger partial charge in [0.05, 0.1) is 17.0 Å². The number of aryl methyl sites for hydroxylation is 1. The van der Waals surface area contributed by atoms with E-state index in [-0.39, 0.29) is 54.3 Å². The van der Waals surface area contributed by atoms with E-state index in [4.69, 9.17) is 25.9 Å². The monoisotopic (exact) mass is 849 g/mol. The van der Waals surface area contributed by atoms with Gasteiger partial charge in [0.15, 0.2) is 5.96 Å². The minimum atomic E-state index is -4.63. The number of nitrogens with zero attached hydrogens (tertiary/aromatic N) is 1. The third-order valence-corrected chi connectivity index (χ3v) is 16.4. The van der Waals surface area contributed by atoms with Crippen molar-refractivity contribution in [2.75, 3.05) is 6.61 Å². The largest absolute Gasteiger partial charge is 0.508 e. The number of fused-ring (bicyclic) bond motifs is 9. The fraction of sp³-hybridized carbons (Fsp3) is 0.531. The van der Waals surface area contributed by atoms with E-state index < -0.39 is 44.8 Å². The second kappa shape index (κ2) is 16.4. The fourth-order valence-electron chi connectivity index (χ4n) is 11.9. The molecule has 8 N–H and O–H groups in total. The molecule has 3 aliphatic carbocycles. The normalized spacial score (nSPS) is 32.6. The molecule has 1 saturated heterocycles. The number of benzene rings is 3. The molecule has 3 aromatic carbocycles. The molecule has 8 aliphatic rings. The van der Waals surface area contributed by atoms with Crippen LogP contribution in [0.1, 0.15) is 135 Å². The third kappa shape index (κ3) is 8.20. The lowest BCUT2D eigenvalue weighted by molar-refractivity contribution is -0.0416. The van der Waals surface area contributed by atoms with Gasteiger partial charge in [-0.1, -0.05) is 80.5 Å². The molecule has 0 amide bonds. The van der Waals surface area contributed by atoms with Crippen LogP contribution in [-0.4, -0.2) is 57.8 Å². The molecule has 324 valence electrons. The van der Waals surface area contributed by atoms with Crippen molar-refractivity contribution in [2.45, 2.75) is 131 Å². The van der Waals surface area contributed by atoms with Crippen molar-refractivity contribution in [1.82, 2.24) is 0 Å². The highest BCUT2D eigenvalue weighted by atomic mass is 32.2. The Hall–Kier alpha value is -4.38. The number of phenols is 1. The maximum atomic E-state index is 14.1.